The van der Waals surface area contributed by atoms with E-state index in [0.717, 1.165) is 62.9 Å². The molecule has 2 aromatic rings. The van der Waals surface area contributed by atoms with Gasteiger partial charge in [0.2, 0.25) is 0 Å². The van der Waals surface area contributed by atoms with Crippen LogP contribution in [0.4, 0.5) is 5.69 Å². The first kappa shape index (κ1) is 27.1. The second kappa shape index (κ2) is 13.6. The van der Waals surface area contributed by atoms with Gasteiger partial charge in [-0.05, 0) is 60.9 Å². The van der Waals surface area contributed by atoms with Gasteiger partial charge in [0.05, 0.1) is 32.1 Å². The molecule has 2 aromatic carbocycles. The second-order valence-electron chi connectivity index (χ2n) is 9.84. The van der Waals surface area contributed by atoms with Crippen LogP contribution >= 0.6 is 11.8 Å². The van der Waals surface area contributed by atoms with E-state index < -0.39 is 0 Å². The van der Waals surface area contributed by atoms with Crippen LogP contribution in [-0.4, -0.2) is 70.7 Å². The van der Waals surface area contributed by atoms with E-state index in [1.807, 2.05) is 11.8 Å². The number of piperidine rings is 1. The van der Waals surface area contributed by atoms with Crippen LogP contribution < -0.4 is 19.7 Å². The highest BCUT2D eigenvalue weighted by Crippen LogP contribution is 2.35. The second-order valence-corrected chi connectivity index (χ2v) is 11.1. The predicted octanol–water partition coefficient (Wildman–Crippen LogP) is 5.10. The number of hydrogen-bond donors (Lipinski definition) is 1. The van der Waals surface area contributed by atoms with Gasteiger partial charge in [-0.1, -0.05) is 25.1 Å². The summed E-state index contributed by atoms with van der Waals surface area (Å²) < 4.78 is 23.2. The Balaban J connectivity index is 1.45. The fourth-order valence-corrected chi connectivity index (χ4v) is 5.69. The van der Waals surface area contributed by atoms with Crippen molar-refractivity contribution in [3.8, 4) is 11.5 Å². The lowest BCUT2D eigenvalue weighted by Crippen LogP contribution is -2.47. The van der Waals surface area contributed by atoms with E-state index in [2.05, 4.69) is 65.9 Å². The Morgan fingerprint density at radius 2 is 2.00 bits per heavy atom. The normalized spacial score (nSPS) is 22.6. The molecule has 1 N–H and O–H groups in total. The molecule has 0 saturated carbocycles. The first-order valence-electron chi connectivity index (χ1n) is 13.1. The third kappa shape index (κ3) is 7.09. The van der Waals surface area contributed by atoms with Crippen molar-refractivity contribution in [2.45, 2.75) is 56.1 Å². The van der Waals surface area contributed by atoms with Crippen LogP contribution in [0, 0.1) is 0 Å². The lowest BCUT2D eigenvalue weighted by molar-refractivity contribution is 0.00232. The molecule has 36 heavy (non-hydrogen) atoms. The predicted molar refractivity (Wildman–Crippen MR) is 149 cm³/mol. The molecule has 2 aliphatic heterocycles. The zero-order valence-corrected chi connectivity index (χ0v) is 23.0. The zero-order valence-electron chi connectivity index (χ0n) is 22.2. The molecule has 2 aliphatic rings. The Bertz CT molecular complexity index is 941. The Labute approximate surface area is 221 Å². The van der Waals surface area contributed by atoms with Gasteiger partial charge in [-0.2, -0.15) is 11.8 Å². The molecule has 4 rings (SSSR count). The average Bonchev–Trinajstić information content (AvgIpc) is 2.92. The molecule has 7 heteroatoms. The summed E-state index contributed by atoms with van der Waals surface area (Å²) in [6.45, 7) is 7.13. The van der Waals surface area contributed by atoms with Gasteiger partial charge in [0.15, 0.2) is 0 Å². The Morgan fingerprint density at radius 1 is 1.17 bits per heavy atom. The van der Waals surface area contributed by atoms with Gasteiger partial charge >= 0.3 is 0 Å². The summed E-state index contributed by atoms with van der Waals surface area (Å²) in [6, 6.07) is 15.5. The van der Waals surface area contributed by atoms with E-state index in [4.69, 9.17) is 18.9 Å². The van der Waals surface area contributed by atoms with Crippen LogP contribution in [0.25, 0.3) is 0 Å². The summed E-state index contributed by atoms with van der Waals surface area (Å²) in [5.74, 6) is 2.20. The van der Waals surface area contributed by atoms with Crippen LogP contribution in [0.2, 0.25) is 0 Å². The SMILES string of the molecule is COCCCN1CCOc2ccc(CO[C@H]3CN[C@@H](CC(C)SC)C[C@@H]3c3ccc(OC)cc3)cc21. The molecule has 0 spiro atoms. The zero-order chi connectivity index (χ0) is 25.3. The molecular weight excluding hydrogens is 472 g/mol. The van der Waals surface area contributed by atoms with Gasteiger partial charge < -0.3 is 29.2 Å². The fourth-order valence-electron chi connectivity index (χ4n) is 5.26. The standard InChI is InChI=1S/C29H42N2O4S/c1-21(36-4)16-24-18-26(23-7-9-25(33-3)10-8-23)29(19-30-24)35-20-22-6-11-28-27(17-22)31(13-15-34-28)12-5-14-32-2/h6-11,17,21,24,26,29-30H,5,12-16,18-20H2,1-4H3/t21?,24-,26+,29-/m0/s1. The molecule has 0 amide bonds. The van der Waals surface area contributed by atoms with Crippen molar-refractivity contribution in [2.75, 3.05) is 58.2 Å². The van der Waals surface area contributed by atoms with Gasteiger partial charge in [-0.15, -0.1) is 0 Å². The van der Waals surface area contributed by atoms with Crippen molar-refractivity contribution in [1.82, 2.24) is 5.32 Å². The fraction of sp³-hybridized carbons (Fsp3) is 0.586. The summed E-state index contributed by atoms with van der Waals surface area (Å²) in [5, 5.41) is 4.42. The van der Waals surface area contributed by atoms with Crippen LogP contribution in [0.15, 0.2) is 42.5 Å². The topological polar surface area (TPSA) is 52.2 Å². The number of nitrogens with one attached hydrogen (secondary N) is 1. The van der Waals surface area contributed by atoms with Crippen LogP contribution in [0.1, 0.15) is 43.2 Å². The number of thioether (sulfide) groups is 1. The van der Waals surface area contributed by atoms with Crippen LogP contribution in [0.5, 0.6) is 11.5 Å². The van der Waals surface area contributed by atoms with E-state index >= 15 is 0 Å². The Hall–Kier alpha value is -1.93. The summed E-state index contributed by atoms with van der Waals surface area (Å²) in [7, 11) is 3.47. The Kier molecular flexibility index (Phi) is 10.2. The van der Waals surface area contributed by atoms with Gasteiger partial charge in [-0.25, -0.2) is 0 Å². The van der Waals surface area contributed by atoms with Crippen molar-refractivity contribution in [1.29, 1.82) is 0 Å². The molecule has 0 bridgehead atoms. The van der Waals surface area contributed by atoms with Crippen molar-refractivity contribution in [2.24, 2.45) is 0 Å². The van der Waals surface area contributed by atoms with Crippen molar-refractivity contribution < 1.29 is 18.9 Å². The smallest absolute Gasteiger partial charge is 0.142 e. The monoisotopic (exact) mass is 514 g/mol. The highest BCUT2D eigenvalue weighted by atomic mass is 32.2. The molecule has 0 aliphatic carbocycles. The molecular formula is C29H42N2O4S. The minimum Gasteiger partial charge on any atom is -0.497 e. The van der Waals surface area contributed by atoms with Crippen molar-refractivity contribution in [3.63, 3.8) is 0 Å². The van der Waals surface area contributed by atoms with Gasteiger partial charge in [0, 0.05) is 44.0 Å². The minimum atomic E-state index is 0.115. The molecule has 2 heterocycles. The Morgan fingerprint density at radius 3 is 2.75 bits per heavy atom. The van der Waals surface area contributed by atoms with Gasteiger partial charge in [0.1, 0.15) is 18.1 Å². The number of nitrogens with zero attached hydrogens (tertiary/aromatic N) is 1. The first-order valence-corrected chi connectivity index (χ1v) is 14.4. The van der Waals surface area contributed by atoms with Gasteiger partial charge in [-0.3, -0.25) is 0 Å². The summed E-state index contributed by atoms with van der Waals surface area (Å²) in [4.78, 5) is 2.40. The van der Waals surface area contributed by atoms with E-state index in [1.54, 1.807) is 14.2 Å². The molecule has 1 unspecified atom stereocenters. The number of ether oxygens (including phenoxy) is 4. The number of methoxy groups -OCH3 is 2. The average molecular weight is 515 g/mol. The molecule has 198 valence electrons. The summed E-state index contributed by atoms with van der Waals surface area (Å²) in [6.07, 6.45) is 5.56. The number of benzene rings is 2. The molecule has 0 aromatic heterocycles. The van der Waals surface area contributed by atoms with E-state index in [-0.39, 0.29) is 6.10 Å². The molecule has 6 nitrogen and oxygen atoms in total. The number of hydrogen-bond acceptors (Lipinski definition) is 7. The largest absolute Gasteiger partial charge is 0.497 e. The van der Waals surface area contributed by atoms with E-state index in [9.17, 15) is 0 Å². The third-order valence-electron chi connectivity index (χ3n) is 7.38. The summed E-state index contributed by atoms with van der Waals surface area (Å²) in [5.41, 5.74) is 3.67. The van der Waals surface area contributed by atoms with E-state index in [1.165, 1.54) is 17.5 Å². The van der Waals surface area contributed by atoms with Crippen molar-refractivity contribution >= 4 is 17.4 Å². The molecule has 0 radical (unpaired) electrons. The lowest BCUT2D eigenvalue weighted by Gasteiger charge is -2.38. The highest BCUT2D eigenvalue weighted by Gasteiger charge is 2.33. The highest BCUT2D eigenvalue weighted by molar-refractivity contribution is 7.99. The third-order valence-corrected chi connectivity index (χ3v) is 8.38. The van der Waals surface area contributed by atoms with Crippen molar-refractivity contribution in [3.05, 3.63) is 53.6 Å². The number of fused-ring (bicyclic) bond motifs is 1. The maximum Gasteiger partial charge on any atom is 0.142 e. The summed E-state index contributed by atoms with van der Waals surface area (Å²) >= 11 is 1.94. The lowest BCUT2D eigenvalue weighted by atomic mass is 9.83. The first-order chi connectivity index (χ1) is 17.6. The minimum absolute atomic E-state index is 0.115. The number of anilines is 1. The van der Waals surface area contributed by atoms with Crippen LogP contribution in [0.3, 0.4) is 0 Å². The molecule has 4 atom stereocenters. The number of rotatable bonds is 12. The quantitative estimate of drug-likeness (QED) is 0.395. The molecule has 1 saturated heterocycles. The van der Waals surface area contributed by atoms with E-state index in [0.29, 0.717) is 23.8 Å². The van der Waals surface area contributed by atoms with Crippen LogP contribution in [-0.2, 0) is 16.1 Å². The molecule has 1 fully saturated rings. The maximum absolute atomic E-state index is 6.62. The van der Waals surface area contributed by atoms with Gasteiger partial charge in [0.25, 0.3) is 0 Å². The maximum atomic E-state index is 6.62.